The first-order chi connectivity index (χ1) is 9.28. The Labute approximate surface area is 112 Å². The summed E-state index contributed by atoms with van der Waals surface area (Å²) in [6.07, 6.45) is 2.64. The molecule has 0 saturated carbocycles. The second-order valence-corrected chi connectivity index (χ2v) is 4.65. The maximum absolute atomic E-state index is 5.98. The molecule has 0 fully saturated rings. The first-order valence-electron chi connectivity index (χ1n) is 6.28. The van der Waals surface area contributed by atoms with E-state index in [1.54, 1.807) is 7.11 Å². The summed E-state index contributed by atoms with van der Waals surface area (Å²) in [6.45, 7) is 0.581. The first kappa shape index (κ1) is 12.0. The van der Waals surface area contributed by atoms with Crippen LogP contribution in [0.3, 0.4) is 0 Å². The van der Waals surface area contributed by atoms with Crippen LogP contribution in [0, 0.1) is 0 Å². The van der Waals surface area contributed by atoms with Gasteiger partial charge in [-0.1, -0.05) is 12.1 Å². The van der Waals surface area contributed by atoms with E-state index in [0.717, 1.165) is 28.9 Å². The van der Waals surface area contributed by atoms with E-state index >= 15 is 0 Å². The van der Waals surface area contributed by atoms with Gasteiger partial charge in [-0.05, 0) is 24.1 Å². The van der Waals surface area contributed by atoms with Crippen LogP contribution in [0.1, 0.15) is 5.56 Å². The van der Waals surface area contributed by atoms with Gasteiger partial charge in [0.2, 0.25) is 5.88 Å². The van der Waals surface area contributed by atoms with E-state index in [-0.39, 0.29) is 6.04 Å². The van der Waals surface area contributed by atoms with Gasteiger partial charge in [0, 0.05) is 29.4 Å². The highest BCUT2D eigenvalue weighted by Crippen LogP contribution is 2.34. The molecule has 3 rings (SSSR count). The SMILES string of the molecule is COc1ccc(-c2cccc3c2C[C@H](N)CO3)cn1. The minimum absolute atomic E-state index is 0.0554. The number of rotatable bonds is 2. The van der Waals surface area contributed by atoms with Crippen molar-refractivity contribution in [2.75, 3.05) is 13.7 Å². The number of hydrogen-bond donors (Lipinski definition) is 1. The summed E-state index contributed by atoms with van der Waals surface area (Å²) in [6, 6.07) is 9.97. The number of pyridine rings is 1. The first-order valence-corrected chi connectivity index (χ1v) is 6.28. The number of ether oxygens (including phenoxy) is 2. The summed E-state index contributed by atoms with van der Waals surface area (Å²) < 4.78 is 10.8. The molecular formula is C15H16N2O2. The van der Waals surface area contributed by atoms with Gasteiger partial charge in [-0.2, -0.15) is 0 Å². The monoisotopic (exact) mass is 256 g/mol. The lowest BCUT2D eigenvalue weighted by Gasteiger charge is -2.24. The van der Waals surface area contributed by atoms with Crippen molar-refractivity contribution in [2.45, 2.75) is 12.5 Å². The van der Waals surface area contributed by atoms with E-state index in [0.29, 0.717) is 12.5 Å². The molecule has 19 heavy (non-hydrogen) atoms. The Kier molecular flexibility index (Phi) is 3.09. The van der Waals surface area contributed by atoms with Crippen LogP contribution in [0.2, 0.25) is 0 Å². The average Bonchev–Trinajstić information content (AvgIpc) is 2.47. The molecule has 0 unspecified atom stereocenters. The van der Waals surface area contributed by atoms with Crippen molar-refractivity contribution in [1.29, 1.82) is 0 Å². The molecule has 0 saturated heterocycles. The molecule has 4 nitrogen and oxygen atoms in total. The van der Waals surface area contributed by atoms with Crippen molar-refractivity contribution in [3.05, 3.63) is 42.1 Å². The Balaban J connectivity index is 2.04. The van der Waals surface area contributed by atoms with Gasteiger partial charge in [0.25, 0.3) is 0 Å². The third kappa shape index (κ3) is 2.27. The van der Waals surface area contributed by atoms with Gasteiger partial charge in [-0.15, -0.1) is 0 Å². The molecule has 1 atom stereocenters. The lowest BCUT2D eigenvalue weighted by atomic mass is 9.94. The molecule has 0 amide bonds. The van der Waals surface area contributed by atoms with Crippen LogP contribution in [0.5, 0.6) is 11.6 Å². The van der Waals surface area contributed by atoms with E-state index < -0.39 is 0 Å². The van der Waals surface area contributed by atoms with Crippen molar-refractivity contribution in [3.63, 3.8) is 0 Å². The fraction of sp³-hybridized carbons (Fsp3) is 0.267. The zero-order chi connectivity index (χ0) is 13.2. The standard InChI is InChI=1S/C15H16N2O2/c1-18-15-6-5-10(8-17-15)12-3-2-4-14-13(12)7-11(16)9-19-14/h2-6,8,11H,7,9,16H2,1H3/t11-/m0/s1. The quantitative estimate of drug-likeness (QED) is 0.893. The van der Waals surface area contributed by atoms with E-state index in [9.17, 15) is 0 Å². The Bertz CT molecular complexity index is 581. The van der Waals surface area contributed by atoms with E-state index in [1.165, 1.54) is 0 Å². The molecule has 1 aliphatic rings. The smallest absolute Gasteiger partial charge is 0.212 e. The van der Waals surface area contributed by atoms with E-state index in [2.05, 4.69) is 11.1 Å². The van der Waals surface area contributed by atoms with Gasteiger partial charge < -0.3 is 15.2 Å². The molecule has 2 heterocycles. The molecule has 0 aliphatic carbocycles. The Hall–Kier alpha value is -2.07. The van der Waals surface area contributed by atoms with Crippen LogP contribution >= 0.6 is 0 Å². The molecule has 0 spiro atoms. The maximum atomic E-state index is 5.98. The third-order valence-corrected chi connectivity index (χ3v) is 3.31. The molecule has 98 valence electrons. The number of hydrogen-bond acceptors (Lipinski definition) is 4. The number of methoxy groups -OCH3 is 1. The fourth-order valence-electron chi connectivity index (χ4n) is 2.36. The number of nitrogens with two attached hydrogens (primary N) is 1. The minimum Gasteiger partial charge on any atom is -0.492 e. The zero-order valence-electron chi connectivity index (χ0n) is 10.8. The normalized spacial score (nSPS) is 17.5. The molecule has 0 bridgehead atoms. The summed E-state index contributed by atoms with van der Waals surface area (Å²) in [7, 11) is 1.61. The van der Waals surface area contributed by atoms with Crippen molar-refractivity contribution in [1.82, 2.24) is 4.98 Å². The number of benzene rings is 1. The highest BCUT2D eigenvalue weighted by Gasteiger charge is 2.20. The maximum Gasteiger partial charge on any atom is 0.212 e. The van der Waals surface area contributed by atoms with E-state index in [1.807, 2.05) is 30.5 Å². The highest BCUT2D eigenvalue weighted by atomic mass is 16.5. The van der Waals surface area contributed by atoms with Gasteiger partial charge in [-0.25, -0.2) is 4.98 Å². The summed E-state index contributed by atoms with van der Waals surface area (Å²) in [4.78, 5) is 4.25. The van der Waals surface area contributed by atoms with Gasteiger partial charge in [-0.3, -0.25) is 0 Å². The average molecular weight is 256 g/mol. The zero-order valence-corrected chi connectivity index (χ0v) is 10.8. The lowest BCUT2D eigenvalue weighted by molar-refractivity contribution is 0.264. The van der Waals surface area contributed by atoms with Crippen LogP contribution in [0.4, 0.5) is 0 Å². The predicted molar refractivity (Wildman–Crippen MR) is 73.4 cm³/mol. The molecule has 4 heteroatoms. The number of nitrogens with zero attached hydrogens (tertiary/aromatic N) is 1. The van der Waals surface area contributed by atoms with Crippen LogP contribution in [-0.2, 0) is 6.42 Å². The minimum atomic E-state index is 0.0554. The van der Waals surface area contributed by atoms with Crippen molar-refractivity contribution in [2.24, 2.45) is 5.73 Å². The van der Waals surface area contributed by atoms with Crippen LogP contribution < -0.4 is 15.2 Å². The van der Waals surface area contributed by atoms with Crippen LogP contribution in [-0.4, -0.2) is 24.7 Å². The summed E-state index contributed by atoms with van der Waals surface area (Å²) in [5.74, 6) is 1.54. The van der Waals surface area contributed by atoms with Crippen molar-refractivity contribution in [3.8, 4) is 22.8 Å². The van der Waals surface area contributed by atoms with Crippen molar-refractivity contribution >= 4 is 0 Å². The molecule has 1 aromatic heterocycles. The number of aromatic nitrogens is 1. The van der Waals surface area contributed by atoms with Gasteiger partial charge in [0.05, 0.1) is 7.11 Å². The molecular weight excluding hydrogens is 240 g/mol. The summed E-state index contributed by atoms with van der Waals surface area (Å²) >= 11 is 0. The summed E-state index contributed by atoms with van der Waals surface area (Å²) in [5.41, 5.74) is 9.32. The molecule has 1 aromatic carbocycles. The van der Waals surface area contributed by atoms with Crippen LogP contribution in [0.25, 0.3) is 11.1 Å². The molecule has 1 aliphatic heterocycles. The number of fused-ring (bicyclic) bond motifs is 1. The second kappa shape index (κ2) is 4.90. The Morgan fingerprint density at radius 1 is 1.32 bits per heavy atom. The lowest BCUT2D eigenvalue weighted by Crippen LogP contribution is -2.34. The van der Waals surface area contributed by atoms with Crippen LogP contribution in [0.15, 0.2) is 36.5 Å². The highest BCUT2D eigenvalue weighted by molar-refractivity contribution is 5.70. The van der Waals surface area contributed by atoms with E-state index in [4.69, 9.17) is 15.2 Å². The van der Waals surface area contributed by atoms with Gasteiger partial charge in [0.1, 0.15) is 12.4 Å². The molecule has 2 N–H and O–H groups in total. The fourth-order valence-corrected chi connectivity index (χ4v) is 2.36. The summed E-state index contributed by atoms with van der Waals surface area (Å²) in [5, 5.41) is 0. The van der Waals surface area contributed by atoms with Gasteiger partial charge in [0.15, 0.2) is 0 Å². The Morgan fingerprint density at radius 3 is 2.95 bits per heavy atom. The second-order valence-electron chi connectivity index (χ2n) is 4.65. The largest absolute Gasteiger partial charge is 0.492 e. The molecule has 2 aromatic rings. The molecule has 0 radical (unpaired) electrons. The predicted octanol–water partition coefficient (Wildman–Crippen LogP) is 2.02. The third-order valence-electron chi connectivity index (χ3n) is 3.31. The topological polar surface area (TPSA) is 57.4 Å². The van der Waals surface area contributed by atoms with Gasteiger partial charge >= 0.3 is 0 Å². The Morgan fingerprint density at radius 2 is 2.21 bits per heavy atom. The van der Waals surface area contributed by atoms with Crippen molar-refractivity contribution < 1.29 is 9.47 Å².